The molecule has 2 N–H and O–H groups in total. The number of benzene rings is 1. The van der Waals surface area contributed by atoms with E-state index in [0.29, 0.717) is 13.2 Å². The van der Waals surface area contributed by atoms with Gasteiger partial charge in [-0.3, -0.25) is 0 Å². The molecule has 0 spiro atoms. The minimum atomic E-state index is -0.466. The lowest BCUT2D eigenvalue weighted by atomic mass is 10.0. The molecular weight excluding hydrogens is 252 g/mol. The van der Waals surface area contributed by atoms with E-state index in [2.05, 4.69) is 29.4 Å². The summed E-state index contributed by atoms with van der Waals surface area (Å²) in [5.41, 5.74) is 8.62. The fraction of sp³-hybridized carbons (Fsp3) is 0.467. The lowest BCUT2D eigenvalue weighted by molar-refractivity contribution is 0.288. The highest BCUT2D eigenvalue weighted by molar-refractivity contribution is 5.35. The molecule has 2 aromatic rings. The number of nitrogens with zero attached hydrogens (tertiary/aromatic N) is 3. The van der Waals surface area contributed by atoms with Gasteiger partial charge in [-0.25, -0.2) is 4.68 Å². The van der Waals surface area contributed by atoms with Crippen LogP contribution in [0.1, 0.15) is 30.7 Å². The normalized spacial score (nSPS) is 11.7. The number of rotatable bonds is 5. The van der Waals surface area contributed by atoms with Gasteiger partial charge in [0.05, 0.1) is 18.3 Å². The van der Waals surface area contributed by atoms with E-state index in [1.807, 2.05) is 33.0 Å². The van der Waals surface area contributed by atoms with Crippen LogP contribution in [0, 0.1) is 13.8 Å². The molecule has 0 unspecified atom stereocenters. The molecule has 5 heteroatoms. The van der Waals surface area contributed by atoms with E-state index >= 15 is 0 Å². The first-order chi connectivity index (χ1) is 9.36. The van der Waals surface area contributed by atoms with Crippen LogP contribution >= 0.6 is 0 Å². The monoisotopic (exact) mass is 274 g/mol. The Hall–Kier alpha value is -1.88. The summed E-state index contributed by atoms with van der Waals surface area (Å²) >= 11 is 0. The maximum absolute atomic E-state index is 5.98. The first-order valence-corrected chi connectivity index (χ1v) is 6.76. The second-order valence-corrected chi connectivity index (χ2v) is 5.71. The minimum Gasteiger partial charge on any atom is -0.491 e. The summed E-state index contributed by atoms with van der Waals surface area (Å²) in [5.74, 6) is 0.921. The fourth-order valence-corrected chi connectivity index (χ4v) is 1.81. The molecule has 20 heavy (non-hydrogen) atoms. The van der Waals surface area contributed by atoms with E-state index in [1.54, 1.807) is 4.68 Å². The molecule has 1 aromatic heterocycles. The number of ether oxygens (including phenoxy) is 1. The van der Waals surface area contributed by atoms with Crippen LogP contribution in [0.4, 0.5) is 0 Å². The molecule has 0 saturated heterocycles. The molecule has 0 radical (unpaired) electrons. The van der Waals surface area contributed by atoms with E-state index in [4.69, 9.17) is 10.5 Å². The van der Waals surface area contributed by atoms with Crippen molar-refractivity contribution in [3.05, 3.63) is 41.2 Å². The van der Waals surface area contributed by atoms with E-state index in [1.165, 1.54) is 5.56 Å². The highest BCUT2D eigenvalue weighted by Gasteiger charge is 2.18. The van der Waals surface area contributed by atoms with Crippen LogP contribution in [0.2, 0.25) is 0 Å². The average molecular weight is 274 g/mol. The number of nitrogens with two attached hydrogens (primary N) is 1. The Morgan fingerprint density at radius 1 is 1.30 bits per heavy atom. The summed E-state index contributed by atoms with van der Waals surface area (Å²) in [5, 5.41) is 8.14. The van der Waals surface area contributed by atoms with Crippen molar-refractivity contribution < 1.29 is 4.74 Å². The third-order valence-electron chi connectivity index (χ3n) is 3.12. The molecule has 0 aliphatic rings. The van der Waals surface area contributed by atoms with Crippen molar-refractivity contribution in [3.63, 3.8) is 0 Å². The lowest BCUT2D eigenvalue weighted by Gasteiger charge is -2.13. The first-order valence-electron chi connectivity index (χ1n) is 6.76. The van der Waals surface area contributed by atoms with Gasteiger partial charge in [0.15, 0.2) is 0 Å². The molecule has 0 aliphatic carbocycles. The van der Waals surface area contributed by atoms with Crippen molar-refractivity contribution in [1.82, 2.24) is 15.0 Å². The quantitative estimate of drug-likeness (QED) is 0.907. The van der Waals surface area contributed by atoms with Gasteiger partial charge in [-0.05, 0) is 44.9 Å². The highest BCUT2D eigenvalue weighted by atomic mass is 16.5. The van der Waals surface area contributed by atoms with Gasteiger partial charge < -0.3 is 10.5 Å². The Morgan fingerprint density at radius 3 is 2.70 bits per heavy atom. The van der Waals surface area contributed by atoms with Gasteiger partial charge in [-0.15, -0.1) is 5.10 Å². The summed E-state index contributed by atoms with van der Waals surface area (Å²) in [6.45, 7) is 9.12. The number of hydrogen-bond acceptors (Lipinski definition) is 4. The molecule has 0 bridgehead atoms. The highest BCUT2D eigenvalue weighted by Crippen LogP contribution is 2.19. The smallest absolute Gasteiger partial charge is 0.122 e. The van der Waals surface area contributed by atoms with Crippen LogP contribution < -0.4 is 10.5 Å². The number of aryl methyl sites for hydroxylation is 2. The van der Waals surface area contributed by atoms with Crippen LogP contribution in [0.25, 0.3) is 0 Å². The molecule has 108 valence electrons. The maximum Gasteiger partial charge on any atom is 0.122 e. The molecule has 1 aromatic carbocycles. The molecule has 0 fully saturated rings. The Balaban J connectivity index is 1.93. The zero-order chi connectivity index (χ0) is 14.8. The van der Waals surface area contributed by atoms with Crippen LogP contribution in [0.5, 0.6) is 5.75 Å². The SMILES string of the molecule is Cc1ccc(C)c(OCCn2cc(C(C)(C)N)nn2)c1. The van der Waals surface area contributed by atoms with Crippen molar-refractivity contribution in [2.75, 3.05) is 6.61 Å². The fourth-order valence-electron chi connectivity index (χ4n) is 1.81. The largest absolute Gasteiger partial charge is 0.491 e. The number of aromatic nitrogens is 3. The van der Waals surface area contributed by atoms with E-state index in [-0.39, 0.29) is 0 Å². The molecule has 2 rings (SSSR count). The van der Waals surface area contributed by atoms with Gasteiger partial charge in [-0.1, -0.05) is 17.3 Å². The Labute approximate surface area is 119 Å². The molecule has 5 nitrogen and oxygen atoms in total. The second kappa shape index (κ2) is 5.63. The van der Waals surface area contributed by atoms with Crippen molar-refractivity contribution in [2.45, 2.75) is 39.8 Å². The molecule has 0 aliphatic heterocycles. The summed E-state index contributed by atoms with van der Waals surface area (Å²) in [6.07, 6.45) is 1.87. The van der Waals surface area contributed by atoms with Crippen LogP contribution in [0.15, 0.2) is 24.4 Å². The minimum absolute atomic E-state index is 0.466. The molecule has 0 atom stereocenters. The van der Waals surface area contributed by atoms with Crippen LogP contribution in [-0.2, 0) is 12.1 Å². The van der Waals surface area contributed by atoms with Crippen LogP contribution in [-0.4, -0.2) is 21.6 Å². The van der Waals surface area contributed by atoms with E-state index in [9.17, 15) is 0 Å². The molecule has 0 amide bonds. The van der Waals surface area contributed by atoms with E-state index in [0.717, 1.165) is 17.0 Å². The maximum atomic E-state index is 5.98. The van der Waals surface area contributed by atoms with Crippen molar-refractivity contribution in [3.8, 4) is 5.75 Å². The third kappa shape index (κ3) is 3.57. The predicted molar refractivity (Wildman–Crippen MR) is 78.6 cm³/mol. The van der Waals surface area contributed by atoms with Crippen molar-refractivity contribution >= 4 is 0 Å². The molecule has 0 saturated carbocycles. The summed E-state index contributed by atoms with van der Waals surface area (Å²) in [4.78, 5) is 0. The van der Waals surface area contributed by atoms with Gasteiger partial charge in [-0.2, -0.15) is 0 Å². The Morgan fingerprint density at radius 2 is 2.05 bits per heavy atom. The molecule has 1 heterocycles. The zero-order valence-corrected chi connectivity index (χ0v) is 12.6. The topological polar surface area (TPSA) is 66.0 Å². The third-order valence-corrected chi connectivity index (χ3v) is 3.12. The predicted octanol–water partition coefficient (Wildman–Crippen LogP) is 2.17. The standard InChI is InChI=1S/C15H22N4O/c1-11-5-6-12(2)13(9-11)20-8-7-19-10-14(17-18-19)15(3,4)16/h5-6,9-10H,7-8,16H2,1-4H3. The van der Waals surface area contributed by atoms with Gasteiger partial charge in [0, 0.05) is 0 Å². The Kier molecular flexibility index (Phi) is 4.09. The van der Waals surface area contributed by atoms with Crippen molar-refractivity contribution in [2.24, 2.45) is 5.73 Å². The second-order valence-electron chi connectivity index (χ2n) is 5.71. The van der Waals surface area contributed by atoms with Gasteiger partial charge in [0.1, 0.15) is 18.1 Å². The average Bonchev–Trinajstić information content (AvgIpc) is 2.82. The summed E-state index contributed by atoms with van der Waals surface area (Å²) < 4.78 is 7.56. The summed E-state index contributed by atoms with van der Waals surface area (Å²) in [6, 6.07) is 6.19. The van der Waals surface area contributed by atoms with Gasteiger partial charge in [0.2, 0.25) is 0 Å². The van der Waals surface area contributed by atoms with Gasteiger partial charge in [0.25, 0.3) is 0 Å². The number of hydrogen-bond donors (Lipinski definition) is 1. The molecular formula is C15H22N4O. The van der Waals surface area contributed by atoms with Crippen molar-refractivity contribution in [1.29, 1.82) is 0 Å². The van der Waals surface area contributed by atoms with Gasteiger partial charge >= 0.3 is 0 Å². The Bertz CT molecular complexity index is 584. The lowest BCUT2D eigenvalue weighted by Crippen LogP contribution is -2.29. The first kappa shape index (κ1) is 14.5. The van der Waals surface area contributed by atoms with Crippen LogP contribution in [0.3, 0.4) is 0 Å². The summed E-state index contributed by atoms with van der Waals surface area (Å²) in [7, 11) is 0. The zero-order valence-electron chi connectivity index (χ0n) is 12.6. The van der Waals surface area contributed by atoms with E-state index < -0.39 is 5.54 Å².